The van der Waals surface area contributed by atoms with E-state index in [0.717, 1.165) is 88.1 Å². The highest BCUT2D eigenvalue weighted by Gasteiger charge is 2.32. The van der Waals surface area contributed by atoms with Crippen molar-refractivity contribution in [3.05, 3.63) is 72.9 Å². The van der Waals surface area contributed by atoms with Gasteiger partial charge in [-0.05, 0) is 122 Å². The minimum Gasteiger partial charge on any atom is -0.465 e. The maximum Gasteiger partial charge on any atom is 0.305 e. The highest BCUT2D eigenvalue weighted by molar-refractivity contribution is 5.70. The molecule has 0 radical (unpaired) electrons. The third-order valence-electron chi connectivity index (χ3n) is 13.8. The van der Waals surface area contributed by atoms with Gasteiger partial charge in [-0.25, -0.2) is 0 Å². The van der Waals surface area contributed by atoms with Gasteiger partial charge < -0.3 is 14.0 Å². The molecule has 0 heterocycles. The van der Waals surface area contributed by atoms with Crippen molar-refractivity contribution < 1.29 is 23.5 Å². The smallest absolute Gasteiger partial charge is 0.305 e. The van der Waals surface area contributed by atoms with Crippen LogP contribution in [0, 0.1) is 5.41 Å². The molecule has 0 aromatic carbocycles. The number of unbranched alkanes of at least 4 members (excludes halogenated alkanes) is 26. The van der Waals surface area contributed by atoms with E-state index in [1.54, 1.807) is 0 Å². The molecule has 0 saturated carbocycles. The fraction of sp³-hybridized carbons (Fsp3) is 0.785. The Morgan fingerprint density at radius 2 is 0.686 bits per heavy atom. The molecule has 5 nitrogen and oxygen atoms in total. The second-order valence-electron chi connectivity index (χ2n) is 21.9. The van der Waals surface area contributed by atoms with Crippen molar-refractivity contribution in [3.8, 4) is 0 Å². The molecule has 406 valence electrons. The standard InChI is InChI=1S/C65H118NO4/c1-7-10-13-16-19-22-25-28-31-34-37-40-43-46-49-52-57-65(59-56-64(68)69-61-54-60-66(4,5)6,58-53-50-47-44-41-38-35-32-29-26-23-20-17-14-11-8-2)62-70-63(67)55-51-48-45-42-39-36-33-30-27-24-21-18-15-12-9-3/h19-24,28-33H,7-18,25-27,34-62H2,1-6H3/q+1/b22-19-,23-20-,24-21-,31-28-,32-29-,33-30-. The summed E-state index contributed by atoms with van der Waals surface area (Å²) in [5, 5.41) is 0. The Labute approximate surface area is 436 Å². The quantitative estimate of drug-likeness (QED) is 0.0264. The van der Waals surface area contributed by atoms with Crippen LogP contribution in [0.15, 0.2) is 72.9 Å². The number of allylic oxidation sites excluding steroid dienone is 12. The number of nitrogens with zero attached hydrogens (tertiary/aromatic N) is 1. The number of quaternary nitrogens is 1. The Morgan fingerprint density at radius 3 is 1.06 bits per heavy atom. The van der Waals surface area contributed by atoms with E-state index >= 15 is 0 Å². The van der Waals surface area contributed by atoms with Crippen molar-refractivity contribution in [2.24, 2.45) is 5.41 Å². The van der Waals surface area contributed by atoms with Crippen molar-refractivity contribution in [2.75, 3.05) is 40.9 Å². The SMILES string of the molecule is CCCCC/C=C\C/C=C\CCCCCCCCC(CCCCCCCC/C=C\C/C=C\CCCCC)(CCC(=O)OCCC[N+](C)(C)C)COC(=O)CCCCCCC/C=C\C/C=C\CCCCC. The van der Waals surface area contributed by atoms with Gasteiger partial charge >= 0.3 is 11.9 Å². The first-order chi connectivity index (χ1) is 34.2. The number of hydrogen-bond donors (Lipinski definition) is 0. The van der Waals surface area contributed by atoms with Gasteiger partial charge in [-0.1, -0.05) is 216 Å². The molecule has 0 spiro atoms. The number of carbonyl (C=O) groups excluding carboxylic acids is 2. The lowest BCUT2D eigenvalue weighted by Gasteiger charge is -2.34. The van der Waals surface area contributed by atoms with Crippen LogP contribution in [0.2, 0.25) is 0 Å². The van der Waals surface area contributed by atoms with Gasteiger partial charge in [0.1, 0.15) is 0 Å². The van der Waals surface area contributed by atoms with Crippen LogP contribution in [0.5, 0.6) is 0 Å². The number of rotatable bonds is 53. The fourth-order valence-electron chi connectivity index (χ4n) is 9.12. The van der Waals surface area contributed by atoms with Crippen LogP contribution >= 0.6 is 0 Å². The lowest BCUT2D eigenvalue weighted by atomic mass is 9.75. The summed E-state index contributed by atoms with van der Waals surface area (Å²) in [6, 6.07) is 0. The lowest BCUT2D eigenvalue weighted by molar-refractivity contribution is -0.870. The molecule has 0 unspecified atom stereocenters. The Hall–Kier alpha value is -2.66. The van der Waals surface area contributed by atoms with Crippen LogP contribution in [0.4, 0.5) is 0 Å². The van der Waals surface area contributed by atoms with Gasteiger partial charge in [0.2, 0.25) is 0 Å². The zero-order chi connectivity index (χ0) is 51.2. The Kier molecular flexibility index (Phi) is 50.7. The van der Waals surface area contributed by atoms with Crippen molar-refractivity contribution in [1.82, 2.24) is 0 Å². The molecule has 0 aromatic heterocycles. The van der Waals surface area contributed by atoms with Gasteiger partial charge in [0, 0.05) is 24.7 Å². The molecular formula is C65H118NO4+. The van der Waals surface area contributed by atoms with Crippen molar-refractivity contribution in [1.29, 1.82) is 0 Å². The molecule has 0 rings (SSSR count). The van der Waals surface area contributed by atoms with Gasteiger partial charge in [0.05, 0.1) is 40.9 Å². The van der Waals surface area contributed by atoms with Crippen LogP contribution in [0.25, 0.3) is 0 Å². The predicted molar refractivity (Wildman–Crippen MR) is 308 cm³/mol. The summed E-state index contributed by atoms with van der Waals surface area (Å²) in [5.41, 5.74) is -0.181. The summed E-state index contributed by atoms with van der Waals surface area (Å²) in [6.45, 7) is 8.66. The van der Waals surface area contributed by atoms with Gasteiger partial charge in [0.25, 0.3) is 0 Å². The maximum absolute atomic E-state index is 13.3. The average molecular weight is 978 g/mol. The molecule has 0 amide bonds. The van der Waals surface area contributed by atoms with Gasteiger partial charge in [-0.3, -0.25) is 9.59 Å². The largest absolute Gasteiger partial charge is 0.465 e. The minimum atomic E-state index is -0.181. The summed E-state index contributed by atoms with van der Waals surface area (Å²) in [5.74, 6) is -0.164. The molecule has 0 N–H and O–H groups in total. The highest BCUT2D eigenvalue weighted by Crippen LogP contribution is 2.38. The first-order valence-electron chi connectivity index (χ1n) is 30.2. The molecule has 5 heteroatoms. The minimum absolute atomic E-state index is 0.0629. The second kappa shape index (κ2) is 52.7. The molecule has 0 aliphatic carbocycles. The van der Waals surface area contributed by atoms with E-state index in [2.05, 4.69) is 115 Å². The third kappa shape index (κ3) is 51.7. The monoisotopic (exact) mass is 977 g/mol. The molecule has 0 atom stereocenters. The molecule has 0 aliphatic heterocycles. The zero-order valence-corrected chi connectivity index (χ0v) is 47.6. The van der Waals surface area contributed by atoms with Gasteiger partial charge in [-0.2, -0.15) is 0 Å². The van der Waals surface area contributed by atoms with Crippen molar-refractivity contribution in [2.45, 2.75) is 284 Å². The first-order valence-corrected chi connectivity index (χ1v) is 30.2. The summed E-state index contributed by atoms with van der Waals surface area (Å²) in [6.07, 6.45) is 74.8. The van der Waals surface area contributed by atoms with Crippen LogP contribution in [-0.4, -0.2) is 57.3 Å². The van der Waals surface area contributed by atoms with E-state index in [4.69, 9.17) is 9.47 Å². The Balaban J connectivity index is 5.26. The lowest BCUT2D eigenvalue weighted by Crippen LogP contribution is -2.36. The first kappa shape index (κ1) is 67.3. The summed E-state index contributed by atoms with van der Waals surface area (Å²) in [4.78, 5) is 26.5. The topological polar surface area (TPSA) is 52.6 Å². The molecule has 0 bridgehead atoms. The van der Waals surface area contributed by atoms with Gasteiger partial charge in [0.15, 0.2) is 0 Å². The fourth-order valence-corrected chi connectivity index (χ4v) is 9.12. The van der Waals surface area contributed by atoms with Crippen molar-refractivity contribution in [3.63, 3.8) is 0 Å². The summed E-state index contributed by atoms with van der Waals surface area (Å²) in [7, 11) is 6.53. The van der Waals surface area contributed by atoms with Crippen molar-refractivity contribution >= 4 is 11.9 Å². The molecular weight excluding hydrogens is 859 g/mol. The molecule has 0 aliphatic rings. The summed E-state index contributed by atoms with van der Waals surface area (Å²) < 4.78 is 12.9. The van der Waals surface area contributed by atoms with E-state index in [9.17, 15) is 9.59 Å². The number of ether oxygens (including phenoxy) is 2. The van der Waals surface area contributed by atoms with Crippen LogP contribution in [-0.2, 0) is 19.1 Å². The van der Waals surface area contributed by atoms with E-state index in [0.29, 0.717) is 26.1 Å². The molecule has 70 heavy (non-hydrogen) atoms. The predicted octanol–water partition coefficient (Wildman–Crippen LogP) is 20.2. The maximum atomic E-state index is 13.3. The van der Waals surface area contributed by atoms with E-state index in [1.807, 2.05) is 0 Å². The molecule has 0 fully saturated rings. The van der Waals surface area contributed by atoms with E-state index < -0.39 is 0 Å². The highest BCUT2D eigenvalue weighted by atomic mass is 16.5. The van der Waals surface area contributed by atoms with Gasteiger partial charge in [-0.15, -0.1) is 0 Å². The molecule has 0 aromatic rings. The molecule has 0 saturated heterocycles. The normalized spacial score (nSPS) is 12.7. The van der Waals surface area contributed by atoms with E-state index in [-0.39, 0.29) is 17.4 Å². The average Bonchev–Trinajstić information content (AvgIpc) is 3.34. The second-order valence-corrected chi connectivity index (χ2v) is 21.9. The zero-order valence-electron chi connectivity index (χ0n) is 47.6. The summed E-state index contributed by atoms with van der Waals surface area (Å²) >= 11 is 0. The van der Waals surface area contributed by atoms with Crippen LogP contribution in [0.3, 0.4) is 0 Å². The van der Waals surface area contributed by atoms with Crippen LogP contribution < -0.4 is 0 Å². The number of hydrogen-bond acceptors (Lipinski definition) is 4. The Morgan fingerprint density at radius 1 is 0.357 bits per heavy atom. The third-order valence-corrected chi connectivity index (χ3v) is 13.8. The van der Waals surface area contributed by atoms with E-state index in [1.165, 1.54) is 173 Å². The van der Waals surface area contributed by atoms with Crippen LogP contribution in [0.1, 0.15) is 284 Å². The number of carbonyl (C=O) groups is 2. The Bertz CT molecular complexity index is 1270. The number of esters is 2.